The highest BCUT2D eigenvalue weighted by Gasteiger charge is 2.31. The molecule has 5 aromatic rings. The zero-order chi connectivity index (χ0) is 33.0. The van der Waals surface area contributed by atoms with E-state index in [1.807, 2.05) is 0 Å². The summed E-state index contributed by atoms with van der Waals surface area (Å²) in [5, 5.41) is 21.0. The van der Waals surface area contributed by atoms with Crippen LogP contribution in [0.25, 0.3) is 27.5 Å². The maximum absolute atomic E-state index is 15.1. The molecule has 8 nitrogen and oxygen atoms in total. The summed E-state index contributed by atoms with van der Waals surface area (Å²) < 4.78 is 94.6. The quantitative estimate of drug-likeness (QED) is 0.165. The summed E-state index contributed by atoms with van der Waals surface area (Å²) in [4.78, 5) is 15.1. The number of carboxylic acids is 1. The maximum atomic E-state index is 15.1. The molecule has 238 valence electrons. The van der Waals surface area contributed by atoms with Gasteiger partial charge >= 0.3 is 12.1 Å². The molecule has 15 heteroatoms. The SMILES string of the molecule is NS(=O)(=O)c1ccc(Cc2c(-c3ccc(F)c(-c4ccc(C(F)(F)F)cc4)c3)nn(-c3nc(C(=O)O)cs3)c2CC2CC2)cc1F. The fourth-order valence-corrected chi connectivity index (χ4v) is 6.51. The van der Waals surface area contributed by atoms with Gasteiger partial charge < -0.3 is 5.11 Å². The van der Waals surface area contributed by atoms with Crippen molar-refractivity contribution >= 4 is 27.3 Å². The van der Waals surface area contributed by atoms with Crippen molar-refractivity contribution in [1.82, 2.24) is 14.8 Å². The Balaban J connectivity index is 1.52. The number of hydrogen-bond acceptors (Lipinski definition) is 6. The monoisotopic (exact) mass is 674 g/mol. The van der Waals surface area contributed by atoms with Crippen LogP contribution in [0.5, 0.6) is 0 Å². The average Bonchev–Trinajstić information content (AvgIpc) is 3.54. The number of hydrogen-bond donors (Lipinski definition) is 2. The Morgan fingerprint density at radius 1 is 1.00 bits per heavy atom. The van der Waals surface area contributed by atoms with E-state index in [9.17, 15) is 35.9 Å². The lowest BCUT2D eigenvalue weighted by molar-refractivity contribution is -0.137. The van der Waals surface area contributed by atoms with Gasteiger partial charge in [0, 0.05) is 28.5 Å². The number of rotatable bonds is 9. The van der Waals surface area contributed by atoms with E-state index in [-0.39, 0.29) is 28.4 Å². The van der Waals surface area contributed by atoms with Crippen LogP contribution in [-0.2, 0) is 29.0 Å². The summed E-state index contributed by atoms with van der Waals surface area (Å²) in [6.45, 7) is 0. The van der Waals surface area contributed by atoms with Crippen molar-refractivity contribution in [3.63, 3.8) is 0 Å². The number of carbonyl (C=O) groups is 1. The van der Waals surface area contributed by atoms with E-state index in [0.717, 1.165) is 54.5 Å². The van der Waals surface area contributed by atoms with Crippen LogP contribution in [0.3, 0.4) is 0 Å². The van der Waals surface area contributed by atoms with Gasteiger partial charge in [-0.3, -0.25) is 0 Å². The standard InChI is InChI=1S/C31H23F5N4O4S2/c32-23-9-6-19(14-21(23)18-4-7-20(8-5-18)31(34,35)36)28-22(11-17-3-10-27(24(33)12-17)46(37,43)44)26(13-16-1-2-16)40(39-28)30-38-25(15-45-30)29(41)42/h3-10,12,14-16H,1-2,11,13H2,(H,41,42)(H2,37,43,44). The van der Waals surface area contributed by atoms with Gasteiger partial charge in [0.1, 0.15) is 16.5 Å². The fraction of sp³-hybridized carbons (Fsp3) is 0.194. The first-order valence-electron chi connectivity index (χ1n) is 13.8. The Hall–Kier alpha value is -4.47. The molecule has 0 spiro atoms. The first-order valence-corrected chi connectivity index (χ1v) is 16.2. The molecule has 1 fully saturated rings. The van der Waals surface area contributed by atoms with Crippen LogP contribution >= 0.6 is 11.3 Å². The lowest BCUT2D eigenvalue weighted by atomic mass is 9.94. The van der Waals surface area contributed by atoms with Gasteiger partial charge in [-0.1, -0.05) is 18.2 Å². The zero-order valence-corrected chi connectivity index (χ0v) is 25.2. The molecule has 2 aromatic heterocycles. The number of thiazole rings is 1. The molecule has 3 aromatic carbocycles. The lowest BCUT2D eigenvalue weighted by Gasteiger charge is -2.11. The molecule has 46 heavy (non-hydrogen) atoms. The zero-order valence-electron chi connectivity index (χ0n) is 23.6. The Morgan fingerprint density at radius 3 is 2.28 bits per heavy atom. The number of aromatic carboxylic acids is 1. The first-order chi connectivity index (χ1) is 21.7. The molecule has 0 bridgehead atoms. The van der Waals surface area contributed by atoms with Gasteiger partial charge in [-0.05, 0) is 78.8 Å². The van der Waals surface area contributed by atoms with E-state index in [4.69, 9.17) is 10.2 Å². The van der Waals surface area contributed by atoms with E-state index in [1.54, 1.807) is 0 Å². The van der Waals surface area contributed by atoms with Crippen LogP contribution in [0.15, 0.2) is 70.9 Å². The van der Waals surface area contributed by atoms with Gasteiger partial charge in [0.05, 0.1) is 17.0 Å². The van der Waals surface area contributed by atoms with Gasteiger partial charge in [-0.2, -0.15) is 18.3 Å². The Morgan fingerprint density at radius 2 is 1.70 bits per heavy atom. The van der Waals surface area contributed by atoms with Crippen molar-refractivity contribution in [2.75, 3.05) is 0 Å². The first kappa shape index (κ1) is 31.5. The molecule has 0 aliphatic heterocycles. The molecule has 6 rings (SSSR count). The summed E-state index contributed by atoms with van der Waals surface area (Å²) in [5.74, 6) is -2.67. The largest absolute Gasteiger partial charge is 0.476 e. The van der Waals surface area contributed by atoms with Crippen molar-refractivity contribution in [3.8, 4) is 27.5 Å². The topological polar surface area (TPSA) is 128 Å². The smallest absolute Gasteiger partial charge is 0.416 e. The highest BCUT2D eigenvalue weighted by Crippen LogP contribution is 2.39. The summed E-state index contributed by atoms with van der Waals surface area (Å²) in [5.41, 5.74) is 1.45. The summed E-state index contributed by atoms with van der Waals surface area (Å²) in [7, 11) is -4.32. The minimum absolute atomic E-state index is 0.0152. The third-order valence-corrected chi connectivity index (χ3v) is 9.37. The second-order valence-electron chi connectivity index (χ2n) is 10.9. The van der Waals surface area contributed by atoms with E-state index in [0.29, 0.717) is 40.4 Å². The fourth-order valence-electron chi connectivity index (χ4n) is 5.15. The summed E-state index contributed by atoms with van der Waals surface area (Å²) >= 11 is 1.05. The molecular weight excluding hydrogens is 651 g/mol. The minimum Gasteiger partial charge on any atom is -0.476 e. The van der Waals surface area contributed by atoms with E-state index in [1.165, 1.54) is 40.4 Å². The molecule has 1 aliphatic rings. The normalized spacial score (nSPS) is 13.7. The lowest BCUT2D eigenvalue weighted by Crippen LogP contribution is -2.14. The maximum Gasteiger partial charge on any atom is 0.416 e. The third-order valence-electron chi connectivity index (χ3n) is 7.61. The van der Waals surface area contributed by atoms with E-state index in [2.05, 4.69) is 4.98 Å². The van der Waals surface area contributed by atoms with Crippen LogP contribution in [-0.4, -0.2) is 34.3 Å². The molecule has 1 saturated carbocycles. The van der Waals surface area contributed by atoms with Crippen LogP contribution in [0.1, 0.15) is 45.7 Å². The molecule has 3 N–H and O–H groups in total. The van der Waals surface area contributed by atoms with Gasteiger partial charge in [0.25, 0.3) is 0 Å². The van der Waals surface area contributed by atoms with E-state index < -0.39 is 44.3 Å². The van der Waals surface area contributed by atoms with Gasteiger partial charge in [0.15, 0.2) is 5.69 Å². The molecule has 0 atom stereocenters. The predicted octanol–water partition coefficient (Wildman–Crippen LogP) is 6.85. The van der Waals surface area contributed by atoms with Crippen molar-refractivity contribution in [2.24, 2.45) is 11.1 Å². The number of nitrogens with two attached hydrogens (primary N) is 1. The third kappa shape index (κ3) is 6.43. The average molecular weight is 675 g/mol. The summed E-state index contributed by atoms with van der Waals surface area (Å²) in [6.07, 6.45) is -2.14. The molecule has 0 radical (unpaired) electrons. The van der Waals surface area contributed by atoms with Crippen LogP contribution in [0.2, 0.25) is 0 Å². The Bertz CT molecular complexity index is 2090. The number of halogens is 5. The highest BCUT2D eigenvalue weighted by atomic mass is 32.2. The van der Waals surface area contributed by atoms with Gasteiger partial charge in [-0.25, -0.2) is 36.8 Å². The summed E-state index contributed by atoms with van der Waals surface area (Å²) in [6, 6.07) is 11.6. The van der Waals surface area contributed by atoms with E-state index >= 15 is 4.39 Å². The van der Waals surface area contributed by atoms with Crippen LogP contribution in [0.4, 0.5) is 22.0 Å². The Kier molecular flexibility index (Phi) is 8.02. The predicted molar refractivity (Wildman–Crippen MR) is 159 cm³/mol. The molecule has 0 amide bonds. The molecule has 1 aliphatic carbocycles. The number of primary sulfonamides is 1. The minimum atomic E-state index is -4.57. The van der Waals surface area contributed by atoms with Crippen molar-refractivity contribution in [1.29, 1.82) is 0 Å². The Labute approximate surface area is 263 Å². The van der Waals surface area contributed by atoms with Crippen molar-refractivity contribution < 1.29 is 40.3 Å². The number of aromatic nitrogens is 3. The molecule has 2 heterocycles. The number of sulfonamides is 1. The number of alkyl halides is 3. The van der Waals surface area contributed by atoms with Gasteiger partial charge in [-0.15, -0.1) is 11.3 Å². The van der Waals surface area contributed by atoms with Crippen molar-refractivity contribution in [3.05, 3.63) is 106 Å². The molecular formula is C31H23F5N4O4S2. The van der Waals surface area contributed by atoms with Gasteiger partial charge in [0.2, 0.25) is 15.2 Å². The second-order valence-corrected chi connectivity index (χ2v) is 13.3. The van der Waals surface area contributed by atoms with Crippen LogP contribution < -0.4 is 5.14 Å². The van der Waals surface area contributed by atoms with Crippen molar-refractivity contribution in [2.45, 2.75) is 36.8 Å². The number of benzene rings is 3. The molecule has 0 saturated heterocycles. The molecule has 0 unspecified atom stereocenters. The van der Waals surface area contributed by atoms with Crippen LogP contribution in [0, 0.1) is 17.6 Å². The number of carboxylic acid groups (broad SMARTS) is 1. The number of nitrogens with zero attached hydrogens (tertiary/aromatic N) is 3. The second kappa shape index (κ2) is 11.7. The highest BCUT2D eigenvalue weighted by molar-refractivity contribution is 7.89.